The lowest BCUT2D eigenvalue weighted by molar-refractivity contribution is 0.0719. The fourth-order valence-electron chi connectivity index (χ4n) is 1.20. The van der Waals surface area contributed by atoms with Crippen LogP contribution in [0.1, 0.15) is 13.8 Å². The molecule has 1 aliphatic heterocycles. The van der Waals surface area contributed by atoms with Gasteiger partial charge in [-0.05, 0) is 20.9 Å². The van der Waals surface area contributed by atoms with Crippen molar-refractivity contribution >= 4 is 21.8 Å². The zero-order chi connectivity index (χ0) is 9.03. The first-order valence-corrected chi connectivity index (χ1v) is 4.55. The van der Waals surface area contributed by atoms with Crippen LogP contribution < -0.4 is 5.32 Å². The van der Waals surface area contributed by atoms with Gasteiger partial charge in [-0.3, -0.25) is 0 Å². The molecule has 1 N–H and O–H groups in total. The highest BCUT2D eigenvalue weighted by atomic mass is 16.5. The molecule has 1 unspecified atom stereocenters. The maximum Gasteiger partial charge on any atom is 0.230 e. The standard InChI is InChI=1S/C6H16B3NO2/c1-6(2,10-3)5-4-11-8-7-9-12-5/h5,7-10H,4H2,1-3H3. The molecule has 0 spiro atoms. The lowest BCUT2D eigenvalue weighted by atomic mass is 9.32. The fraction of sp³-hybridized carbons (Fsp3) is 1.00. The lowest BCUT2D eigenvalue weighted by Gasteiger charge is -2.33. The molecule has 1 atom stereocenters. The summed E-state index contributed by atoms with van der Waals surface area (Å²) in [5.74, 6) is 0. The quantitative estimate of drug-likeness (QED) is 0.500. The molecule has 0 aromatic rings. The summed E-state index contributed by atoms with van der Waals surface area (Å²) in [4.78, 5) is 0. The topological polar surface area (TPSA) is 30.5 Å². The molecule has 66 valence electrons. The van der Waals surface area contributed by atoms with Gasteiger partial charge in [0.05, 0.1) is 12.7 Å². The van der Waals surface area contributed by atoms with Gasteiger partial charge in [0.1, 0.15) is 7.06 Å². The predicted octanol–water partition coefficient (Wildman–Crippen LogP) is -1.63. The molecule has 1 rings (SSSR count). The molecular formula is C6H16B3NO2. The highest BCUT2D eigenvalue weighted by Gasteiger charge is 2.29. The molecule has 0 radical (unpaired) electrons. The second-order valence-electron chi connectivity index (χ2n) is 3.76. The van der Waals surface area contributed by atoms with E-state index in [1.54, 1.807) is 0 Å². The Kier molecular flexibility index (Phi) is 3.68. The number of nitrogens with one attached hydrogen (secondary N) is 1. The summed E-state index contributed by atoms with van der Waals surface area (Å²) in [6, 6.07) is 0. The maximum absolute atomic E-state index is 5.67. The van der Waals surface area contributed by atoms with Crippen LogP contribution in [0.25, 0.3) is 0 Å². The first-order valence-electron chi connectivity index (χ1n) is 4.55. The number of likely N-dealkylation sites (N-methyl/N-ethyl adjacent to an activating group) is 1. The van der Waals surface area contributed by atoms with Gasteiger partial charge in [0.15, 0.2) is 0 Å². The minimum absolute atomic E-state index is 0.00431. The Labute approximate surface area is 76.3 Å². The first kappa shape index (κ1) is 10.2. The maximum atomic E-state index is 5.67. The lowest BCUT2D eigenvalue weighted by Crippen LogP contribution is -2.51. The van der Waals surface area contributed by atoms with Crippen molar-refractivity contribution in [2.45, 2.75) is 25.5 Å². The van der Waals surface area contributed by atoms with Crippen molar-refractivity contribution in [2.24, 2.45) is 0 Å². The fourth-order valence-corrected chi connectivity index (χ4v) is 1.20. The van der Waals surface area contributed by atoms with Crippen molar-refractivity contribution in [3.05, 3.63) is 0 Å². The number of hydrogen-bond donors (Lipinski definition) is 1. The molecule has 12 heavy (non-hydrogen) atoms. The van der Waals surface area contributed by atoms with E-state index in [4.69, 9.17) is 9.31 Å². The van der Waals surface area contributed by atoms with Gasteiger partial charge in [0.25, 0.3) is 0 Å². The van der Waals surface area contributed by atoms with E-state index in [2.05, 4.69) is 19.2 Å². The van der Waals surface area contributed by atoms with Crippen LogP contribution in [0.15, 0.2) is 0 Å². The number of rotatable bonds is 2. The van der Waals surface area contributed by atoms with Gasteiger partial charge in [-0.2, -0.15) is 0 Å². The minimum atomic E-state index is 0.00431. The van der Waals surface area contributed by atoms with E-state index in [1.807, 2.05) is 7.05 Å². The van der Waals surface area contributed by atoms with Crippen molar-refractivity contribution in [1.29, 1.82) is 0 Å². The molecular weight excluding hydrogens is 151 g/mol. The summed E-state index contributed by atoms with van der Waals surface area (Å²) in [7, 11) is 4.61. The molecule has 0 aromatic carbocycles. The summed E-state index contributed by atoms with van der Waals surface area (Å²) < 4.78 is 11.1. The van der Waals surface area contributed by atoms with Gasteiger partial charge in [0.2, 0.25) is 14.7 Å². The molecule has 0 bridgehead atoms. The second kappa shape index (κ2) is 4.35. The Hall–Kier alpha value is 0.0748. The normalized spacial score (nSPS) is 24.8. The van der Waals surface area contributed by atoms with Crippen LogP contribution in [0.3, 0.4) is 0 Å². The predicted molar refractivity (Wildman–Crippen MR) is 55.4 cm³/mol. The molecule has 1 aliphatic rings. The smallest absolute Gasteiger partial charge is 0.230 e. The molecule has 1 fully saturated rings. The zero-order valence-corrected chi connectivity index (χ0v) is 8.22. The molecule has 0 amide bonds. The Morgan fingerprint density at radius 3 is 2.83 bits per heavy atom. The van der Waals surface area contributed by atoms with Crippen LogP contribution in [0.2, 0.25) is 0 Å². The average molecular weight is 167 g/mol. The van der Waals surface area contributed by atoms with E-state index in [0.717, 1.165) is 21.8 Å². The highest BCUT2D eigenvalue weighted by Crippen LogP contribution is 2.13. The van der Waals surface area contributed by atoms with Crippen molar-refractivity contribution in [3.8, 4) is 0 Å². The third-order valence-corrected chi connectivity index (χ3v) is 2.47. The Morgan fingerprint density at radius 1 is 1.42 bits per heavy atom. The summed E-state index contributed by atoms with van der Waals surface area (Å²) in [5.41, 5.74) is 0.00431. The van der Waals surface area contributed by atoms with Gasteiger partial charge >= 0.3 is 0 Å². The summed E-state index contributed by atoms with van der Waals surface area (Å²) in [6.45, 7) is 4.96. The minimum Gasteiger partial charge on any atom is -0.447 e. The van der Waals surface area contributed by atoms with Crippen LogP contribution in [0, 0.1) is 0 Å². The first-order chi connectivity index (χ1) is 5.67. The van der Waals surface area contributed by atoms with E-state index in [9.17, 15) is 0 Å². The van der Waals surface area contributed by atoms with Gasteiger partial charge in [-0.15, -0.1) is 0 Å². The molecule has 6 heteroatoms. The van der Waals surface area contributed by atoms with E-state index >= 15 is 0 Å². The third-order valence-electron chi connectivity index (χ3n) is 2.47. The average Bonchev–Trinajstić information content (AvgIpc) is 2.32. The van der Waals surface area contributed by atoms with E-state index in [1.165, 1.54) is 0 Å². The van der Waals surface area contributed by atoms with Crippen LogP contribution in [-0.4, -0.2) is 47.1 Å². The largest absolute Gasteiger partial charge is 0.447 e. The van der Waals surface area contributed by atoms with Crippen molar-refractivity contribution < 1.29 is 9.31 Å². The van der Waals surface area contributed by atoms with Gasteiger partial charge in [0, 0.05) is 5.54 Å². The molecule has 1 heterocycles. The van der Waals surface area contributed by atoms with Crippen molar-refractivity contribution in [2.75, 3.05) is 13.7 Å². The van der Waals surface area contributed by atoms with Crippen molar-refractivity contribution in [1.82, 2.24) is 5.32 Å². The third kappa shape index (κ3) is 2.54. The van der Waals surface area contributed by atoms with E-state index in [-0.39, 0.29) is 11.6 Å². The molecule has 1 saturated heterocycles. The van der Waals surface area contributed by atoms with Crippen LogP contribution in [-0.2, 0) is 9.31 Å². The summed E-state index contributed by atoms with van der Waals surface area (Å²) >= 11 is 0. The second-order valence-corrected chi connectivity index (χ2v) is 3.76. The highest BCUT2D eigenvalue weighted by molar-refractivity contribution is 7.26. The Morgan fingerprint density at radius 2 is 2.17 bits per heavy atom. The molecule has 3 nitrogen and oxygen atoms in total. The van der Waals surface area contributed by atoms with E-state index < -0.39 is 0 Å². The monoisotopic (exact) mass is 167 g/mol. The number of hydrogen-bond acceptors (Lipinski definition) is 3. The van der Waals surface area contributed by atoms with Crippen LogP contribution in [0.4, 0.5) is 0 Å². The summed E-state index contributed by atoms with van der Waals surface area (Å²) in [6.07, 6.45) is 0.171. The van der Waals surface area contributed by atoms with Gasteiger partial charge in [-0.25, -0.2) is 0 Å². The zero-order valence-electron chi connectivity index (χ0n) is 8.22. The SMILES string of the molecule is CNC(C)(C)C1COBBBO1. The molecule has 0 aromatic heterocycles. The van der Waals surface area contributed by atoms with Gasteiger partial charge in [-0.1, -0.05) is 0 Å². The molecule has 0 aliphatic carbocycles. The van der Waals surface area contributed by atoms with Crippen molar-refractivity contribution in [3.63, 3.8) is 0 Å². The summed E-state index contributed by atoms with van der Waals surface area (Å²) in [5, 5.41) is 3.23. The van der Waals surface area contributed by atoms with Crippen LogP contribution >= 0.6 is 0 Å². The molecule has 0 saturated carbocycles. The van der Waals surface area contributed by atoms with Gasteiger partial charge < -0.3 is 14.6 Å². The Balaban J connectivity index is 2.47. The Bertz CT molecular complexity index is 137. The van der Waals surface area contributed by atoms with Crippen LogP contribution in [0.5, 0.6) is 0 Å². The van der Waals surface area contributed by atoms with E-state index in [0.29, 0.717) is 6.61 Å².